The van der Waals surface area contributed by atoms with Crippen LogP contribution in [0.2, 0.25) is 0 Å². The van der Waals surface area contributed by atoms with Gasteiger partial charge in [0.05, 0.1) is 30.6 Å². The number of hydrogen-bond donors (Lipinski definition) is 1. The molecule has 0 aliphatic rings. The zero-order valence-corrected chi connectivity index (χ0v) is 19.5. The topological polar surface area (TPSA) is 110 Å². The van der Waals surface area contributed by atoms with E-state index in [4.69, 9.17) is 9.47 Å². The summed E-state index contributed by atoms with van der Waals surface area (Å²) in [6.45, 7) is 7.69. The van der Waals surface area contributed by atoms with E-state index >= 15 is 0 Å². The molecule has 33 heavy (non-hydrogen) atoms. The van der Waals surface area contributed by atoms with Gasteiger partial charge in [-0.15, -0.1) is 0 Å². The quantitative estimate of drug-likeness (QED) is 0.429. The Bertz CT molecular complexity index is 1160. The summed E-state index contributed by atoms with van der Waals surface area (Å²) in [5.74, 6) is 1.33. The van der Waals surface area contributed by atoms with Gasteiger partial charge < -0.3 is 14.8 Å². The highest BCUT2D eigenvalue weighted by atomic mass is 16.5. The van der Waals surface area contributed by atoms with Crippen LogP contribution in [0.25, 0.3) is 0 Å². The van der Waals surface area contributed by atoms with Crippen molar-refractivity contribution in [1.82, 2.24) is 15.0 Å². The molecule has 3 rings (SSSR count). The van der Waals surface area contributed by atoms with E-state index in [0.717, 1.165) is 11.1 Å². The number of aromatic nitrogens is 3. The molecule has 0 aliphatic heterocycles. The van der Waals surface area contributed by atoms with Gasteiger partial charge in [0.15, 0.2) is 5.78 Å². The maximum Gasteiger partial charge on any atom is 0.231 e. The molecule has 0 bridgehead atoms. The number of nitrogens with one attached hydrogen (secondary N) is 1. The third-order valence-corrected chi connectivity index (χ3v) is 5.31. The number of benzene rings is 1. The van der Waals surface area contributed by atoms with Gasteiger partial charge in [-0.25, -0.2) is 9.97 Å². The van der Waals surface area contributed by atoms with Gasteiger partial charge in [0.1, 0.15) is 11.4 Å². The van der Waals surface area contributed by atoms with Crippen molar-refractivity contribution in [3.63, 3.8) is 0 Å². The van der Waals surface area contributed by atoms with Crippen LogP contribution in [0.3, 0.4) is 0 Å². The van der Waals surface area contributed by atoms with Crippen molar-refractivity contribution >= 4 is 17.4 Å². The number of aryl methyl sites for hydroxylation is 2. The van der Waals surface area contributed by atoms with Crippen molar-refractivity contribution in [3.8, 4) is 23.6 Å². The maximum atomic E-state index is 13.1. The second kappa shape index (κ2) is 10.6. The summed E-state index contributed by atoms with van der Waals surface area (Å²) in [5.41, 5.74) is 3.07. The van der Waals surface area contributed by atoms with Gasteiger partial charge in [-0.1, -0.05) is 13.8 Å². The smallest absolute Gasteiger partial charge is 0.231 e. The Kier molecular flexibility index (Phi) is 7.57. The minimum Gasteiger partial charge on any atom is -0.481 e. The van der Waals surface area contributed by atoms with Crippen LogP contribution >= 0.6 is 0 Å². The van der Waals surface area contributed by atoms with Crippen LogP contribution in [0.15, 0.2) is 36.5 Å². The lowest BCUT2D eigenvalue weighted by Crippen LogP contribution is -2.16. The van der Waals surface area contributed by atoms with Crippen molar-refractivity contribution in [1.29, 1.82) is 5.26 Å². The minimum atomic E-state index is -0.137. The predicted octanol–water partition coefficient (Wildman–Crippen LogP) is 5.52. The molecule has 8 heteroatoms. The molecule has 170 valence electrons. The van der Waals surface area contributed by atoms with Crippen molar-refractivity contribution in [3.05, 3.63) is 58.9 Å². The molecule has 0 saturated heterocycles. The average Bonchev–Trinajstić information content (AvgIpc) is 2.82. The Morgan fingerprint density at radius 2 is 1.79 bits per heavy atom. The Morgan fingerprint density at radius 1 is 1.09 bits per heavy atom. The molecule has 0 aliphatic carbocycles. The summed E-state index contributed by atoms with van der Waals surface area (Å²) in [7, 11) is 1.54. The minimum absolute atomic E-state index is 0.0589. The van der Waals surface area contributed by atoms with E-state index < -0.39 is 0 Å². The van der Waals surface area contributed by atoms with Crippen LogP contribution in [-0.2, 0) is 0 Å². The Hall–Kier alpha value is -3.99. The highest BCUT2D eigenvalue weighted by Gasteiger charge is 2.21. The molecule has 8 nitrogen and oxygen atoms in total. The molecule has 3 aromatic rings. The summed E-state index contributed by atoms with van der Waals surface area (Å²) in [4.78, 5) is 26.2. The number of nitrogens with zero attached hydrogens (tertiary/aromatic N) is 4. The Balaban J connectivity index is 2.01. The zero-order chi connectivity index (χ0) is 24.0. The van der Waals surface area contributed by atoms with E-state index in [1.807, 2.05) is 27.7 Å². The van der Waals surface area contributed by atoms with Crippen molar-refractivity contribution < 1.29 is 14.3 Å². The van der Waals surface area contributed by atoms with Crippen molar-refractivity contribution in [2.75, 3.05) is 12.4 Å². The number of ether oxygens (including phenoxy) is 2. The largest absolute Gasteiger partial charge is 0.481 e. The number of methoxy groups -OCH3 is 1. The molecule has 2 aromatic heterocycles. The number of hydrogen-bond acceptors (Lipinski definition) is 8. The Labute approximate surface area is 193 Å². The molecule has 0 unspecified atom stereocenters. The number of Topliss-reactive ketones (excluding diaryl/α,β-unsaturated/α-hetero) is 1. The SMILES string of the molecule is CCC(CC)C(=O)c1cc(Oc2c(C)cc(C#N)cc2C)nc(Nc2ccc(OC)nc2)n1. The van der Waals surface area contributed by atoms with Crippen LogP contribution in [0.1, 0.15) is 53.9 Å². The van der Waals surface area contributed by atoms with Crippen molar-refractivity contribution in [2.45, 2.75) is 40.5 Å². The number of rotatable bonds is 9. The van der Waals surface area contributed by atoms with E-state index in [2.05, 4.69) is 26.3 Å². The first kappa shape index (κ1) is 23.7. The third-order valence-electron chi connectivity index (χ3n) is 5.31. The number of nitriles is 1. The van der Waals surface area contributed by atoms with Crippen molar-refractivity contribution in [2.24, 2.45) is 5.92 Å². The second-order valence-corrected chi connectivity index (χ2v) is 7.66. The molecule has 0 radical (unpaired) electrons. The van der Waals surface area contributed by atoms with Gasteiger partial charge in [-0.05, 0) is 56.0 Å². The third kappa shape index (κ3) is 5.63. The molecule has 0 fully saturated rings. The van der Waals surface area contributed by atoms with E-state index in [-0.39, 0.29) is 29.2 Å². The summed E-state index contributed by atoms with van der Waals surface area (Å²) < 4.78 is 11.2. The number of anilines is 2. The molecule has 0 saturated carbocycles. The van der Waals surface area contributed by atoms with Crippen LogP contribution in [0.4, 0.5) is 11.6 Å². The summed E-state index contributed by atoms with van der Waals surface area (Å²) >= 11 is 0. The summed E-state index contributed by atoms with van der Waals surface area (Å²) in [6.07, 6.45) is 3.02. The highest BCUT2D eigenvalue weighted by Crippen LogP contribution is 2.30. The van der Waals surface area contributed by atoms with Crippen LogP contribution in [0.5, 0.6) is 17.5 Å². The number of carbonyl (C=O) groups excluding carboxylic acids is 1. The summed E-state index contributed by atoms with van der Waals surface area (Å²) in [6, 6.07) is 10.7. The molecular weight excluding hydrogens is 418 g/mol. The second-order valence-electron chi connectivity index (χ2n) is 7.66. The van der Waals surface area contributed by atoms with E-state index in [9.17, 15) is 10.1 Å². The van der Waals surface area contributed by atoms with Gasteiger partial charge in [-0.2, -0.15) is 10.2 Å². The fraction of sp³-hybridized carbons (Fsp3) is 0.320. The molecule has 0 spiro atoms. The zero-order valence-electron chi connectivity index (χ0n) is 19.5. The summed E-state index contributed by atoms with van der Waals surface area (Å²) in [5, 5.41) is 12.3. The van der Waals surface area contributed by atoms with Gasteiger partial charge >= 0.3 is 0 Å². The van der Waals surface area contributed by atoms with Crippen LogP contribution in [0, 0.1) is 31.1 Å². The molecule has 0 atom stereocenters. The lowest BCUT2D eigenvalue weighted by Gasteiger charge is -2.15. The predicted molar refractivity (Wildman–Crippen MR) is 125 cm³/mol. The fourth-order valence-electron chi connectivity index (χ4n) is 3.51. The number of carbonyl (C=O) groups is 1. The van der Waals surface area contributed by atoms with Crippen LogP contribution < -0.4 is 14.8 Å². The van der Waals surface area contributed by atoms with Gasteiger partial charge in [0.2, 0.25) is 17.7 Å². The fourth-order valence-corrected chi connectivity index (χ4v) is 3.51. The van der Waals surface area contributed by atoms with E-state index in [1.54, 1.807) is 43.6 Å². The normalized spacial score (nSPS) is 10.6. The lowest BCUT2D eigenvalue weighted by molar-refractivity contribution is 0.0908. The standard InChI is InChI=1S/C25H27N5O3/c1-6-18(7-2)23(31)20-12-22(33-24-15(3)10-17(13-26)11-16(24)4)30-25(29-20)28-19-8-9-21(32-5)27-14-19/h8-12,14,18H,6-7H2,1-5H3,(H,28,29,30). The van der Waals surface area contributed by atoms with Gasteiger partial charge in [0.25, 0.3) is 0 Å². The maximum absolute atomic E-state index is 13.1. The monoisotopic (exact) mass is 445 g/mol. The van der Waals surface area contributed by atoms with E-state index in [0.29, 0.717) is 35.7 Å². The average molecular weight is 446 g/mol. The molecule has 0 amide bonds. The van der Waals surface area contributed by atoms with Gasteiger partial charge in [0, 0.05) is 18.1 Å². The molecular formula is C25H27N5O3. The first-order valence-corrected chi connectivity index (χ1v) is 10.8. The van der Waals surface area contributed by atoms with E-state index in [1.165, 1.54) is 0 Å². The Morgan fingerprint density at radius 3 is 2.33 bits per heavy atom. The van der Waals surface area contributed by atoms with Gasteiger partial charge in [-0.3, -0.25) is 4.79 Å². The first-order valence-electron chi connectivity index (χ1n) is 10.8. The van der Waals surface area contributed by atoms with Crippen LogP contribution in [-0.4, -0.2) is 27.8 Å². The lowest BCUT2D eigenvalue weighted by atomic mass is 9.96. The highest BCUT2D eigenvalue weighted by molar-refractivity contribution is 5.96. The molecule has 1 N–H and O–H groups in total. The number of pyridine rings is 1. The molecule has 2 heterocycles. The molecule has 1 aromatic carbocycles. The first-order chi connectivity index (χ1) is 15.9. The number of ketones is 1.